The lowest BCUT2D eigenvalue weighted by Gasteiger charge is -2.50. The van der Waals surface area contributed by atoms with Crippen molar-refractivity contribution in [3.05, 3.63) is 0 Å². The summed E-state index contributed by atoms with van der Waals surface area (Å²) in [6.07, 6.45) is 6.98. The van der Waals surface area contributed by atoms with E-state index in [-0.39, 0.29) is 0 Å². The second kappa shape index (κ2) is 5.27. The first-order valence-electron chi connectivity index (χ1n) is 7.56. The Kier molecular flexibility index (Phi) is 4.14. The standard InChI is InChI=1S/C15H30N2/c1-5-15(4)11-17(13(3)10-16-15)14-9-7-6-8-12(14)2/h12-14,16H,5-11H2,1-4H3. The Labute approximate surface area is 107 Å². The fourth-order valence-corrected chi connectivity index (χ4v) is 3.60. The third kappa shape index (κ3) is 2.85. The van der Waals surface area contributed by atoms with Crippen molar-refractivity contribution >= 4 is 0 Å². The summed E-state index contributed by atoms with van der Waals surface area (Å²) in [6, 6.07) is 1.55. The second-order valence-corrected chi connectivity index (χ2v) is 6.65. The number of nitrogens with zero attached hydrogens (tertiary/aromatic N) is 1. The van der Waals surface area contributed by atoms with E-state index in [4.69, 9.17) is 0 Å². The largest absolute Gasteiger partial charge is 0.309 e. The van der Waals surface area contributed by atoms with Crippen molar-refractivity contribution in [2.24, 2.45) is 5.92 Å². The normalized spacial score (nSPS) is 44.8. The van der Waals surface area contributed by atoms with Crippen molar-refractivity contribution in [3.63, 3.8) is 0 Å². The molecule has 1 saturated carbocycles. The minimum atomic E-state index is 0.337. The molecule has 0 radical (unpaired) electrons. The fourth-order valence-electron chi connectivity index (χ4n) is 3.60. The molecule has 1 N–H and O–H groups in total. The number of hydrogen-bond acceptors (Lipinski definition) is 2. The third-order valence-corrected chi connectivity index (χ3v) is 5.19. The highest BCUT2D eigenvalue weighted by Crippen LogP contribution is 2.32. The minimum Gasteiger partial charge on any atom is -0.309 e. The van der Waals surface area contributed by atoms with E-state index >= 15 is 0 Å². The molecule has 2 nitrogen and oxygen atoms in total. The van der Waals surface area contributed by atoms with E-state index < -0.39 is 0 Å². The van der Waals surface area contributed by atoms with Crippen LogP contribution in [0.3, 0.4) is 0 Å². The summed E-state index contributed by atoms with van der Waals surface area (Å²) in [4.78, 5) is 2.81. The highest BCUT2D eigenvalue weighted by molar-refractivity contribution is 4.97. The Morgan fingerprint density at radius 3 is 2.59 bits per heavy atom. The Bertz CT molecular complexity index is 253. The molecule has 0 amide bonds. The first-order valence-corrected chi connectivity index (χ1v) is 7.56. The molecule has 0 aromatic rings. The predicted molar refractivity (Wildman–Crippen MR) is 74.3 cm³/mol. The van der Waals surface area contributed by atoms with E-state index in [1.807, 2.05) is 0 Å². The molecule has 0 bridgehead atoms. The van der Waals surface area contributed by atoms with E-state index in [0.29, 0.717) is 11.6 Å². The number of nitrogens with one attached hydrogen (secondary N) is 1. The highest BCUT2D eigenvalue weighted by atomic mass is 15.3. The summed E-state index contributed by atoms with van der Waals surface area (Å²) in [7, 11) is 0. The van der Waals surface area contributed by atoms with Crippen molar-refractivity contribution in [1.82, 2.24) is 10.2 Å². The van der Waals surface area contributed by atoms with Gasteiger partial charge in [-0.1, -0.05) is 26.7 Å². The van der Waals surface area contributed by atoms with Gasteiger partial charge in [-0.25, -0.2) is 0 Å². The molecule has 0 aromatic carbocycles. The van der Waals surface area contributed by atoms with Crippen LogP contribution in [0.15, 0.2) is 0 Å². The summed E-state index contributed by atoms with van der Waals surface area (Å²) in [5.74, 6) is 0.894. The van der Waals surface area contributed by atoms with Crippen LogP contribution in [0.2, 0.25) is 0 Å². The molecule has 1 saturated heterocycles. The van der Waals surface area contributed by atoms with E-state index in [9.17, 15) is 0 Å². The van der Waals surface area contributed by atoms with Crippen LogP contribution >= 0.6 is 0 Å². The molecule has 4 unspecified atom stereocenters. The highest BCUT2D eigenvalue weighted by Gasteiger charge is 2.38. The molecule has 17 heavy (non-hydrogen) atoms. The van der Waals surface area contributed by atoms with Crippen LogP contribution in [0, 0.1) is 5.92 Å². The monoisotopic (exact) mass is 238 g/mol. The second-order valence-electron chi connectivity index (χ2n) is 6.65. The number of piperazine rings is 1. The molecule has 2 fully saturated rings. The molecule has 0 spiro atoms. The van der Waals surface area contributed by atoms with Gasteiger partial charge in [-0.3, -0.25) is 4.90 Å². The van der Waals surface area contributed by atoms with Gasteiger partial charge in [0.25, 0.3) is 0 Å². The number of hydrogen-bond donors (Lipinski definition) is 1. The van der Waals surface area contributed by atoms with Gasteiger partial charge in [-0.05, 0) is 39.0 Å². The van der Waals surface area contributed by atoms with Gasteiger partial charge in [0.05, 0.1) is 0 Å². The average Bonchev–Trinajstić information content (AvgIpc) is 2.34. The SMILES string of the molecule is CCC1(C)CN(C2CCCCC2C)C(C)CN1. The molecule has 2 heteroatoms. The fraction of sp³-hybridized carbons (Fsp3) is 1.00. The zero-order chi connectivity index (χ0) is 12.5. The minimum absolute atomic E-state index is 0.337. The Balaban J connectivity index is 2.06. The van der Waals surface area contributed by atoms with Gasteiger partial charge in [-0.15, -0.1) is 0 Å². The van der Waals surface area contributed by atoms with Crippen molar-refractivity contribution in [2.75, 3.05) is 13.1 Å². The van der Waals surface area contributed by atoms with Crippen LogP contribution in [-0.4, -0.2) is 35.6 Å². The van der Waals surface area contributed by atoms with Crippen molar-refractivity contribution < 1.29 is 0 Å². The van der Waals surface area contributed by atoms with E-state index in [1.54, 1.807) is 0 Å². The van der Waals surface area contributed by atoms with Crippen molar-refractivity contribution in [1.29, 1.82) is 0 Å². The number of rotatable bonds is 2. The predicted octanol–water partition coefficient (Wildman–Crippen LogP) is 3.03. The maximum absolute atomic E-state index is 3.74. The van der Waals surface area contributed by atoms with Crippen LogP contribution in [0.4, 0.5) is 0 Å². The average molecular weight is 238 g/mol. The zero-order valence-electron chi connectivity index (χ0n) is 12.1. The van der Waals surface area contributed by atoms with E-state index in [2.05, 4.69) is 37.9 Å². The molecule has 1 aliphatic heterocycles. The Morgan fingerprint density at radius 2 is 1.94 bits per heavy atom. The first kappa shape index (κ1) is 13.4. The zero-order valence-corrected chi connectivity index (χ0v) is 12.1. The molecule has 1 aliphatic carbocycles. The quantitative estimate of drug-likeness (QED) is 0.795. The maximum Gasteiger partial charge on any atom is 0.0278 e. The summed E-state index contributed by atoms with van der Waals surface area (Å²) in [5, 5.41) is 3.74. The third-order valence-electron chi connectivity index (χ3n) is 5.19. The lowest BCUT2D eigenvalue weighted by atomic mass is 9.82. The van der Waals surface area contributed by atoms with Crippen LogP contribution in [0.25, 0.3) is 0 Å². The van der Waals surface area contributed by atoms with Crippen molar-refractivity contribution in [3.8, 4) is 0 Å². The van der Waals surface area contributed by atoms with Crippen LogP contribution in [0.1, 0.15) is 59.8 Å². The van der Waals surface area contributed by atoms with Crippen LogP contribution in [-0.2, 0) is 0 Å². The molecule has 1 heterocycles. The summed E-state index contributed by atoms with van der Waals surface area (Å²) < 4.78 is 0. The lowest BCUT2D eigenvalue weighted by molar-refractivity contribution is 0.0166. The van der Waals surface area contributed by atoms with Gasteiger partial charge in [0.15, 0.2) is 0 Å². The van der Waals surface area contributed by atoms with E-state index in [1.165, 1.54) is 38.6 Å². The molecule has 2 aliphatic rings. The van der Waals surface area contributed by atoms with Crippen molar-refractivity contribution in [2.45, 2.75) is 77.4 Å². The first-order chi connectivity index (χ1) is 8.06. The molecule has 2 rings (SSSR count). The van der Waals surface area contributed by atoms with Gasteiger partial charge in [0.2, 0.25) is 0 Å². The van der Waals surface area contributed by atoms with Gasteiger partial charge < -0.3 is 5.32 Å². The smallest absolute Gasteiger partial charge is 0.0278 e. The molecule has 100 valence electrons. The Morgan fingerprint density at radius 1 is 1.24 bits per heavy atom. The molecule has 0 aromatic heterocycles. The summed E-state index contributed by atoms with van der Waals surface area (Å²) in [5.41, 5.74) is 0.337. The van der Waals surface area contributed by atoms with Crippen LogP contribution in [0.5, 0.6) is 0 Å². The van der Waals surface area contributed by atoms with Gasteiger partial charge in [-0.2, -0.15) is 0 Å². The van der Waals surface area contributed by atoms with Crippen LogP contribution < -0.4 is 5.32 Å². The van der Waals surface area contributed by atoms with Gasteiger partial charge in [0, 0.05) is 30.7 Å². The molecular formula is C15H30N2. The summed E-state index contributed by atoms with van der Waals surface area (Å²) in [6.45, 7) is 11.9. The van der Waals surface area contributed by atoms with Gasteiger partial charge in [0.1, 0.15) is 0 Å². The molecular weight excluding hydrogens is 208 g/mol. The lowest BCUT2D eigenvalue weighted by Crippen LogP contribution is -2.65. The topological polar surface area (TPSA) is 15.3 Å². The summed E-state index contributed by atoms with van der Waals surface area (Å²) >= 11 is 0. The van der Waals surface area contributed by atoms with Gasteiger partial charge >= 0.3 is 0 Å². The molecule has 4 atom stereocenters. The Hall–Kier alpha value is -0.0800. The maximum atomic E-state index is 3.74. The van der Waals surface area contributed by atoms with E-state index in [0.717, 1.165) is 18.5 Å².